The van der Waals surface area contributed by atoms with Gasteiger partial charge in [0, 0.05) is 0 Å². The Morgan fingerprint density at radius 1 is 0.609 bits per heavy atom. The van der Waals surface area contributed by atoms with Gasteiger partial charge < -0.3 is 56.8 Å². The number of hydrogen-bond donors (Lipinski definition) is 0. The van der Waals surface area contributed by atoms with Crippen LogP contribution < -0.4 is 0 Å². The molecule has 1 aromatic rings. The Bertz CT molecular complexity index is 1210. The SMILES string of the molecule is CC1(C)O[C@H]2O[C@H]([C@H]3COC(C)(C)O3)[C@H](OCc3cc(CO[C@@H]4[C@H]5OC(C)(C)O[C@H]5O[C@@H]4[C@H]4COC(C)(C)O4)cc(N=O)c3)[C@H]2O1. The molecule has 0 spiro atoms. The molecule has 46 heavy (non-hydrogen) atoms. The molecule has 0 aliphatic carbocycles. The van der Waals surface area contributed by atoms with Crippen molar-refractivity contribution in [2.24, 2.45) is 5.18 Å². The highest BCUT2D eigenvalue weighted by atomic mass is 16.9. The van der Waals surface area contributed by atoms with Crippen LogP contribution in [0.15, 0.2) is 23.4 Å². The molecule has 0 amide bonds. The van der Waals surface area contributed by atoms with Gasteiger partial charge in [0.2, 0.25) is 0 Å². The van der Waals surface area contributed by atoms with E-state index in [1.54, 1.807) is 12.1 Å². The van der Waals surface area contributed by atoms with Crippen LogP contribution in [0, 0.1) is 4.91 Å². The Balaban J connectivity index is 1.06. The average molecular weight is 652 g/mol. The summed E-state index contributed by atoms with van der Waals surface area (Å²) in [7, 11) is 0. The number of hydrogen-bond acceptors (Lipinski definition) is 14. The first-order valence-corrected chi connectivity index (χ1v) is 15.9. The van der Waals surface area contributed by atoms with Crippen molar-refractivity contribution in [3.8, 4) is 0 Å². The van der Waals surface area contributed by atoms with Crippen LogP contribution in [0.3, 0.4) is 0 Å². The monoisotopic (exact) mass is 651 g/mol. The molecule has 1 aromatic carbocycles. The number of benzene rings is 1. The molecule has 7 rings (SSSR count). The Labute approximate surface area is 268 Å². The van der Waals surface area contributed by atoms with Gasteiger partial charge in [0.1, 0.15) is 54.5 Å². The van der Waals surface area contributed by atoms with E-state index in [1.165, 1.54) is 0 Å². The van der Waals surface area contributed by atoms with E-state index in [1.807, 2.05) is 61.5 Å². The lowest BCUT2D eigenvalue weighted by atomic mass is 10.0. The number of rotatable bonds is 9. The maximum atomic E-state index is 11.7. The minimum Gasteiger partial charge on any atom is -0.368 e. The number of fused-ring (bicyclic) bond motifs is 2. The Morgan fingerprint density at radius 3 is 1.41 bits per heavy atom. The van der Waals surface area contributed by atoms with E-state index in [-0.39, 0.29) is 31.1 Å². The average Bonchev–Trinajstić information content (AvgIpc) is 3.77. The molecule has 14 nitrogen and oxygen atoms in total. The summed E-state index contributed by atoms with van der Waals surface area (Å²) in [4.78, 5) is 11.7. The highest BCUT2D eigenvalue weighted by Gasteiger charge is 2.60. The molecule has 0 saturated carbocycles. The molecular weight excluding hydrogens is 606 g/mol. The third-order valence-electron chi connectivity index (χ3n) is 8.88. The second-order valence-corrected chi connectivity index (χ2v) is 14.5. The van der Waals surface area contributed by atoms with E-state index >= 15 is 0 Å². The first kappa shape index (κ1) is 32.9. The van der Waals surface area contributed by atoms with E-state index in [4.69, 9.17) is 56.8 Å². The highest BCUT2D eigenvalue weighted by molar-refractivity contribution is 5.43. The van der Waals surface area contributed by atoms with Crippen LogP contribution in [0.1, 0.15) is 66.5 Å². The smallest absolute Gasteiger partial charge is 0.190 e. The van der Waals surface area contributed by atoms with Crippen molar-refractivity contribution >= 4 is 5.69 Å². The molecule has 6 aliphatic heterocycles. The van der Waals surface area contributed by atoms with Crippen LogP contribution in [-0.2, 0) is 70.1 Å². The van der Waals surface area contributed by atoms with Gasteiger partial charge in [-0.3, -0.25) is 0 Å². The van der Waals surface area contributed by atoms with Crippen molar-refractivity contribution in [2.75, 3.05) is 13.2 Å². The van der Waals surface area contributed by atoms with Crippen molar-refractivity contribution in [3.05, 3.63) is 34.2 Å². The molecule has 0 N–H and O–H groups in total. The maximum Gasteiger partial charge on any atom is 0.190 e. The van der Waals surface area contributed by atoms with Crippen molar-refractivity contribution in [3.63, 3.8) is 0 Å². The van der Waals surface area contributed by atoms with Crippen LogP contribution in [-0.4, -0.2) is 97.8 Å². The number of ether oxygens (including phenoxy) is 12. The van der Waals surface area contributed by atoms with Crippen molar-refractivity contribution < 1.29 is 56.8 Å². The third kappa shape index (κ3) is 6.65. The Hall–Kier alpha value is -1.66. The predicted molar refractivity (Wildman–Crippen MR) is 156 cm³/mol. The van der Waals surface area contributed by atoms with E-state index in [0.717, 1.165) is 11.1 Å². The standard InChI is InChI=1S/C32H45NO13/c1-29(2)37-14-19(41-29)21-23(25-27(39-21)45-31(5,6)43-25)35-12-16-9-17(11-18(10-16)33-34)13-36-24-22(20-15-38-30(3,4)42-20)40-28-26(24)44-32(7,8)46-28/h9-11,19-28H,12-15H2,1-8H3/t19-,20-,21-,22-,23+,24+,25-,26-,27-,28-/m1/s1. The largest absolute Gasteiger partial charge is 0.368 e. The Morgan fingerprint density at radius 2 is 1.04 bits per heavy atom. The van der Waals surface area contributed by atoms with Gasteiger partial charge >= 0.3 is 0 Å². The molecule has 14 heteroatoms. The summed E-state index contributed by atoms with van der Waals surface area (Å²) >= 11 is 0. The minimum absolute atomic E-state index is 0.151. The van der Waals surface area contributed by atoms with Crippen LogP contribution in [0.5, 0.6) is 0 Å². The second-order valence-electron chi connectivity index (χ2n) is 14.5. The topological polar surface area (TPSA) is 140 Å². The normalized spacial score (nSPS) is 41.6. The fourth-order valence-electron chi connectivity index (χ4n) is 7.09. The van der Waals surface area contributed by atoms with Crippen LogP contribution in [0.4, 0.5) is 5.69 Å². The molecule has 6 fully saturated rings. The highest BCUT2D eigenvalue weighted by Crippen LogP contribution is 2.44. The van der Waals surface area contributed by atoms with Gasteiger partial charge in [0.05, 0.1) is 26.4 Å². The van der Waals surface area contributed by atoms with E-state index < -0.39 is 72.4 Å². The van der Waals surface area contributed by atoms with Gasteiger partial charge in [-0.1, -0.05) is 6.07 Å². The molecular formula is C32H45NO13. The molecule has 256 valence electrons. The summed E-state index contributed by atoms with van der Waals surface area (Å²) in [5.41, 5.74) is 1.71. The Kier molecular flexibility index (Phi) is 8.39. The fourth-order valence-corrected chi connectivity index (χ4v) is 7.09. The maximum absolute atomic E-state index is 11.7. The van der Waals surface area contributed by atoms with E-state index in [2.05, 4.69) is 5.18 Å². The van der Waals surface area contributed by atoms with Crippen LogP contribution in [0.2, 0.25) is 0 Å². The zero-order valence-electron chi connectivity index (χ0n) is 27.6. The van der Waals surface area contributed by atoms with E-state index in [0.29, 0.717) is 13.2 Å². The molecule has 6 saturated heterocycles. The zero-order chi connectivity index (χ0) is 32.6. The lowest BCUT2D eigenvalue weighted by Gasteiger charge is -2.29. The summed E-state index contributed by atoms with van der Waals surface area (Å²) in [5, 5.41) is 3.21. The lowest BCUT2D eigenvalue weighted by Crippen LogP contribution is -2.44. The number of nitroso groups, excluding NO2 is 1. The van der Waals surface area contributed by atoms with Crippen LogP contribution >= 0.6 is 0 Å². The summed E-state index contributed by atoms with van der Waals surface area (Å²) in [6.45, 7) is 15.8. The molecule has 6 heterocycles. The van der Waals surface area contributed by atoms with Crippen molar-refractivity contribution in [2.45, 2.75) is 153 Å². The summed E-state index contributed by atoms with van der Waals surface area (Å²) in [6, 6.07) is 5.29. The van der Waals surface area contributed by atoms with Gasteiger partial charge in [0.15, 0.2) is 35.7 Å². The van der Waals surface area contributed by atoms with Crippen molar-refractivity contribution in [1.82, 2.24) is 0 Å². The first-order chi connectivity index (χ1) is 21.6. The van der Waals surface area contributed by atoms with Crippen molar-refractivity contribution in [1.29, 1.82) is 0 Å². The van der Waals surface area contributed by atoms with Crippen LogP contribution in [0.25, 0.3) is 0 Å². The predicted octanol–water partition coefficient (Wildman–Crippen LogP) is 3.91. The lowest BCUT2D eigenvalue weighted by molar-refractivity contribution is -0.236. The third-order valence-corrected chi connectivity index (χ3v) is 8.88. The summed E-state index contributed by atoms with van der Waals surface area (Å²) < 4.78 is 73.6. The summed E-state index contributed by atoms with van der Waals surface area (Å²) in [6.07, 6.45) is -4.91. The van der Waals surface area contributed by atoms with E-state index in [9.17, 15) is 4.91 Å². The van der Waals surface area contributed by atoms with Gasteiger partial charge in [-0.2, -0.15) is 0 Å². The van der Waals surface area contributed by atoms with Gasteiger partial charge in [-0.15, -0.1) is 4.91 Å². The zero-order valence-corrected chi connectivity index (χ0v) is 27.6. The molecule has 0 aromatic heterocycles. The van der Waals surface area contributed by atoms with Gasteiger partial charge in [-0.25, -0.2) is 0 Å². The molecule has 0 unspecified atom stereocenters. The number of nitrogens with zero attached hydrogens (tertiary/aromatic N) is 1. The fraction of sp³-hybridized carbons (Fsp3) is 0.812. The minimum atomic E-state index is -0.824. The van der Waals surface area contributed by atoms with Gasteiger partial charge in [0.25, 0.3) is 0 Å². The molecule has 10 atom stereocenters. The molecule has 6 aliphatic rings. The second kappa shape index (κ2) is 11.7. The molecule has 0 radical (unpaired) electrons. The molecule has 0 bridgehead atoms. The first-order valence-electron chi connectivity index (χ1n) is 15.9. The quantitative estimate of drug-likeness (QED) is 0.357. The van der Waals surface area contributed by atoms with Gasteiger partial charge in [-0.05, 0) is 83.8 Å². The summed E-state index contributed by atoms with van der Waals surface area (Å²) in [5.74, 6) is -3.12.